The fourth-order valence-corrected chi connectivity index (χ4v) is 1.09. The highest BCUT2D eigenvalue weighted by Crippen LogP contribution is 2.11. The maximum absolute atomic E-state index is 5.45. The van der Waals surface area contributed by atoms with E-state index in [0.717, 1.165) is 17.2 Å². The lowest BCUT2D eigenvalue weighted by Gasteiger charge is -2.03. The molecule has 0 unspecified atom stereocenters. The van der Waals surface area contributed by atoms with Crippen molar-refractivity contribution in [1.82, 2.24) is 4.98 Å². The molecule has 0 aliphatic carbocycles. The van der Waals surface area contributed by atoms with Crippen LogP contribution in [0.2, 0.25) is 0 Å². The average Bonchev–Trinajstić information content (AvgIpc) is 2.84. The van der Waals surface area contributed by atoms with Crippen LogP contribution in [0, 0.1) is 6.92 Å². The first-order valence-corrected chi connectivity index (χ1v) is 5.42. The van der Waals surface area contributed by atoms with Crippen molar-refractivity contribution in [3.63, 3.8) is 0 Å². The number of hydrogen-bond donors (Lipinski definition) is 0. The van der Waals surface area contributed by atoms with Gasteiger partial charge in [0.05, 0.1) is 12.5 Å². The molecule has 0 aliphatic heterocycles. The highest BCUT2D eigenvalue weighted by atomic mass is 16.5. The molecule has 16 heavy (non-hydrogen) atoms. The summed E-state index contributed by atoms with van der Waals surface area (Å²) < 4.78 is 10.6. The van der Waals surface area contributed by atoms with Gasteiger partial charge in [-0.1, -0.05) is 13.8 Å². The Hall–Kier alpha value is -1.77. The van der Waals surface area contributed by atoms with Crippen molar-refractivity contribution in [3.8, 4) is 5.75 Å². The van der Waals surface area contributed by atoms with Crippen LogP contribution in [0.15, 0.2) is 41.1 Å². The van der Waals surface area contributed by atoms with Gasteiger partial charge in [0, 0.05) is 5.69 Å². The zero-order valence-electron chi connectivity index (χ0n) is 9.93. The van der Waals surface area contributed by atoms with Crippen molar-refractivity contribution < 1.29 is 9.15 Å². The van der Waals surface area contributed by atoms with Gasteiger partial charge in [0.2, 0.25) is 0 Å². The first kappa shape index (κ1) is 12.3. The van der Waals surface area contributed by atoms with Gasteiger partial charge < -0.3 is 9.15 Å². The van der Waals surface area contributed by atoms with Gasteiger partial charge in [-0.15, -0.1) is 0 Å². The summed E-state index contributed by atoms with van der Waals surface area (Å²) >= 11 is 0. The third-order valence-electron chi connectivity index (χ3n) is 1.85. The fourth-order valence-electron chi connectivity index (χ4n) is 1.09. The van der Waals surface area contributed by atoms with Crippen LogP contribution in [0.4, 0.5) is 0 Å². The number of pyridine rings is 1. The molecular formula is C13H17NO2. The van der Waals surface area contributed by atoms with Crippen LogP contribution in [0.1, 0.15) is 25.3 Å². The molecule has 0 amide bonds. The molecule has 2 aromatic rings. The Morgan fingerprint density at radius 3 is 2.62 bits per heavy atom. The summed E-state index contributed by atoms with van der Waals surface area (Å²) in [5.74, 6) is 1.57. The summed E-state index contributed by atoms with van der Waals surface area (Å²) in [4.78, 5) is 4.12. The van der Waals surface area contributed by atoms with Crippen molar-refractivity contribution in [1.29, 1.82) is 0 Å². The average molecular weight is 219 g/mol. The van der Waals surface area contributed by atoms with E-state index in [9.17, 15) is 0 Å². The predicted molar refractivity (Wildman–Crippen MR) is 63.4 cm³/mol. The molecular weight excluding hydrogens is 202 g/mol. The molecule has 0 fully saturated rings. The van der Waals surface area contributed by atoms with Gasteiger partial charge in [-0.05, 0) is 31.2 Å². The number of ether oxygens (including phenoxy) is 1. The van der Waals surface area contributed by atoms with E-state index in [4.69, 9.17) is 9.15 Å². The second kappa shape index (κ2) is 6.67. The Kier molecular flexibility index (Phi) is 5.12. The van der Waals surface area contributed by atoms with E-state index in [1.165, 1.54) is 0 Å². The lowest BCUT2D eigenvalue weighted by atomic mass is 10.4. The van der Waals surface area contributed by atoms with Crippen molar-refractivity contribution in [2.24, 2.45) is 0 Å². The lowest BCUT2D eigenvalue weighted by Crippen LogP contribution is -1.94. The van der Waals surface area contributed by atoms with E-state index in [1.807, 2.05) is 45.0 Å². The van der Waals surface area contributed by atoms with E-state index < -0.39 is 0 Å². The quantitative estimate of drug-likeness (QED) is 0.791. The van der Waals surface area contributed by atoms with Gasteiger partial charge >= 0.3 is 0 Å². The zero-order chi connectivity index (χ0) is 11.8. The lowest BCUT2D eigenvalue weighted by molar-refractivity contribution is 0.269. The van der Waals surface area contributed by atoms with Gasteiger partial charge in [-0.25, -0.2) is 0 Å². The zero-order valence-corrected chi connectivity index (χ0v) is 9.93. The summed E-state index contributed by atoms with van der Waals surface area (Å²) in [6.45, 7) is 6.38. The molecule has 0 bridgehead atoms. The van der Waals surface area contributed by atoms with Crippen LogP contribution >= 0.6 is 0 Å². The largest absolute Gasteiger partial charge is 0.484 e. The molecule has 0 aliphatic rings. The Balaban J connectivity index is 0.000000606. The molecule has 0 atom stereocenters. The minimum atomic E-state index is 0.442. The van der Waals surface area contributed by atoms with E-state index in [1.54, 1.807) is 12.5 Å². The van der Waals surface area contributed by atoms with Crippen molar-refractivity contribution in [3.05, 3.63) is 48.2 Å². The Bertz CT molecular complexity index is 379. The Morgan fingerprint density at radius 1 is 1.25 bits per heavy atom. The molecule has 3 heteroatoms. The number of nitrogens with zero attached hydrogens (tertiary/aromatic N) is 1. The number of rotatable bonds is 3. The molecule has 3 nitrogen and oxygen atoms in total. The summed E-state index contributed by atoms with van der Waals surface area (Å²) in [6.07, 6.45) is 3.34. The van der Waals surface area contributed by atoms with Crippen molar-refractivity contribution in [2.45, 2.75) is 27.4 Å². The predicted octanol–water partition coefficient (Wildman–Crippen LogP) is 3.59. The highest BCUT2D eigenvalue weighted by molar-refractivity contribution is 5.19. The van der Waals surface area contributed by atoms with Crippen LogP contribution in [0.3, 0.4) is 0 Å². The first-order valence-electron chi connectivity index (χ1n) is 5.42. The monoisotopic (exact) mass is 219 g/mol. The smallest absolute Gasteiger partial charge is 0.146 e. The maximum Gasteiger partial charge on any atom is 0.146 e. The summed E-state index contributed by atoms with van der Waals surface area (Å²) in [7, 11) is 0. The van der Waals surface area contributed by atoms with Gasteiger partial charge in [0.25, 0.3) is 0 Å². The van der Waals surface area contributed by atoms with E-state index >= 15 is 0 Å². The second-order valence-corrected chi connectivity index (χ2v) is 3.00. The third-order valence-corrected chi connectivity index (χ3v) is 1.85. The summed E-state index contributed by atoms with van der Waals surface area (Å²) in [6, 6.07) is 7.52. The van der Waals surface area contributed by atoms with Gasteiger partial charge in [0.15, 0.2) is 0 Å². The molecule has 0 radical (unpaired) electrons. The minimum Gasteiger partial charge on any atom is -0.484 e. The normalized spacial score (nSPS) is 9.19. The molecule has 0 N–H and O–H groups in total. The van der Waals surface area contributed by atoms with Gasteiger partial charge in [0.1, 0.15) is 18.1 Å². The van der Waals surface area contributed by atoms with Crippen LogP contribution < -0.4 is 4.74 Å². The molecule has 2 rings (SSSR count). The fraction of sp³-hybridized carbons (Fsp3) is 0.308. The molecule has 2 heterocycles. The van der Waals surface area contributed by atoms with Crippen LogP contribution in [-0.2, 0) is 6.61 Å². The van der Waals surface area contributed by atoms with Crippen LogP contribution in [0.5, 0.6) is 5.75 Å². The topological polar surface area (TPSA) is 35.3 Å². The van der Waals surface area contributed by atoms with E-state index in [-0.39, 0.29) is 0 Å². The van der Waals surface area contributed by atoms with Gasteiger partial charge in [-0.3, -0.25) is 4.98 Å². The second-order valence-electron chi connectivity index (χ2n) is 3.00. The van der Waals surface area contributed by atoms with Crippen LogP contribution in [-0.4, -0.2) is 4.98 Å². The summed E-state index contributed by atoms with van der Waals surface area (Å²) in [5.41, 5.74) is 0.982. The van der Waals surface area contributed by atoms with Crippen LogP contribution in [0.25, 0.3) is 0 Å². The number of furan rings is 1. The Labute approximate surface area is 96.1 Å². The summed E-state index contributed by atoms with van der Waals surface area (Å²) in [5, 5.41) is 0. The third kappa shape index (κ3) is 3.77. The molecule has 2 aromatic heterocycles. The maximum atomic E-state index is 5.45. The number of aryl methyl sites for hydroxylation is 1. The Morgan fingerprint density at radius 2 is 2.06 bits per heavy atom. The van der Waals surface area contributed by atoms with Crippen molar-refractivity contribution in [2.75, 3.05) is 0 Å². The standard InChI is InChI=1S/C11H11NO2.C2H6/c1-9-4-5-10(7-12-9)14-8-11-3-2-6-13-11;1-2/h2-7H,8H2,1H3;1-2H3. The molecule has 0 aromatic carbocycles. The number of aromatic nitrogens is 1. The SMILES string of the molecule is CC.Cc1ccc(OCc2ccco2)cn1. The van der Waals surface area contributed by atoms with Crippen molar-refractivity contribution >= 4 is 0 Å². The molecule has 86 valence electrons. The molecule has 0 spiro atoms. The van der Waals surface area contributed by atoms with E-state index in [2.05, 4.69) is 4.98 Å². The van der Waals surface area contributed by atoms with E-state index in [0.29, 0.717) is 6.61 Å². The van der Waals surface area contributed by atoms with Gasteiger partial charge in [-0.2, -0.15) is 0 Å². The molecule has 0 saturated heterocycles. The minimum absolute atomic E-state index is 0.442. The first-order chi connectivity index (χ1) is 7.84. The molecule has 0 saturated carbocycles. The highest BCUT2D eigenvalue weighted by Gasteiger charge is 1.97. The number of hydrogen-bond acceptors (Lipinski definition) is 3.